The minimum Gasteiger partial charge on any atom is -0.491 e. The summed E-state index contributed by atoms with van der Waals surface area (Å²) in [6, 6.07) is 24.3. The monoisotopic (exact) mass is 353 g/mol. The van der Waals surface area contributed by atoms with Crippen molar-refractivity contribution in [2.45, 2.75) is 14.7 Å². The first kappa shape index (κ1) is 17.2. The lowest BCUT2D eigenvalue weighted by molar-refractivity contribution is 0.399. The van der Waals surface area contributed by atoms with Gasteiger partial charge in [-0.25, -0.2) is 0 Å². The van der Waals surface area contributed by atoms with Gasteiger partial charge in [0, 0.05) is 0 Å². The molecule has 0 aliphatic rings. The van der Waals surface area contributed by atoms with Gasteiger partial charge in [-0.2, -0.15) is 0 Å². The number of rotatable bonds is 6. The maximum absolute atomic E-state index is 5.64. The molecule has 0 heterocycles. The summed E-state index contributed by atoms with van der Waals surface area (Å²) >= 11 is 0. The highest BCUT2D eigenvalue weighted by molar-refractivity contribution is 7.97. The molecule has 3 aromatic rings. The molecule has 25 heavy (non-hydrogen) atoms. The number of para-hydroxylation sites is 3. The highest BCUT2D eigenvalue weighted by atomic mass is 32.2. The molecule has 0 aliphatic carbocycles. The van der Waals surface area contributed by atoms with Crippen LogP contribution in [0.1, 0.15) is 0 Å². The minimum atomic E-state index is -0.424. The summed E-state index contributed by atoms with van der Waals surface area (Å²) in [4.78, 5) is 3.29. The third kappa shape index (κ3) is 3.44. The average molecular weight is 353 g/mol. The van der Waals surface area contributed by atoms with E-state index < -0.39 is 10.9 Å². The molecule has 0 amide bonds. The van der Waals surface area contributed by atoms with Crippen LogP contribution in [-0.2, 0) is 10.9 Å². The zero-order valence-corrected chi connectivity index (χ0v) is 15.4. The van der Waals surface area contributed by atoms with Crippen molar-refractivity contribution in [2.75, 3.05) is 21.3 Å². The Labute approximate surface area is 151 Å². The van der Waals surface area contributed by atoms with Crippen molar-refractivity contribution in [1.82, 2.24) is 0 Å². The first-order valence-corrected chi connectivity index (χ1v) is 9.16. The van der Waals surface area contributed by atoms with Gasteiger partial charge in [0.1, 0.15) is 10.9 Å². The van der Waals surface area contributed by atoms with Crippen LogP contribution in [0, 0.1) is 0 Å². The van der Waals surface area contributed by atoms with E-state index in [1.54, 1.807) is 21.3 Å². The van der Waals surface area contributed by atoms with Crippen LogP contribution >= 0.6 is 0 Å². The van der Waals surface area contributed by atoms with E-state index >= 15 is 0 Å². The second-order valence-electron chi connectivity index (χ2n) is 5.26. The molecule has 3 rings (SSSR count). The molecule has 0 radical (unpaired) electrons. The van der Waals surface area contributed by atoms with Crippen LogP contribution in [0.5, 0.6) is 17.2 Å². The van der Waals surface area contributed by atoms with E-state index in [-0.39, 0.29) is 0 Å². The van der Waals surface area contributed by atoms with Gasteiger partial charge >= 0.3 is 0 Å². The zero-order valence-electron chi connectivity index (χ0n) is 14.6. The lowest BCUT2D eigenvalue weighted by Gasteiger charge is -2.15. The van der Waals surface area contributed by atoms with Crippen LogP contribution in [0.2, 0.25) is 0 Å². The molecule has 0 aliphatic heterocycles. The van der Waals surface area contributed by atoms with E-state index in [1.165, 1.54) is 0 Å². The van der Waals surface area contributed by atoms with Crippen molar-refractivity contribution < 1.29 is 14.2 Å². The zero-order chi connectivity index (χ0) is 17.6. The molecular formula is C21H21O3S+. The number of hydrogen-bond acceptors (Lipinski definition) is 3. The van der Waals surface area contributed by atoms with Crippen LogP contribution in [0.3, 0.4) is 0 Å². The second kappa shape index (κ2) is 7.99. The molecule has 0 saturated carbocycles. The fraction of sp³-hybridized carbons (Fsp3) is 0.143. The highest BCUT2D eigenvalue weighted by Crippen LogP contribution is 2.43. The molecule has 0 N–H and O–H groups in total. The highest BCUT2D eigenvalue weighted by Gasteiger charge is 2.37. The topological polar surface area (TPSA) is 27.7 Å². The molecule has 0 unspecified atom stereocenters. The first-order chi connectivity index (χ1) is 12.3. The molecule has 4 heteroatoms. The predicted molar refractivity (Wildman–Crippen MR) is 101 cm³/mol. The molecule has 0 bridgehead atoms. The van der Waals surface area contributed by atoms with E-state index in [9.17, 15) is 0 Å². The molecule has 3 aromatic carbocycles. The molecular weight excluding hydrogens is 332 g/mol. The Balaban J connectivity index is 2.29. The Morgan fingerprint density at radius 1 is 0.480 bits per heavy atom. The van der Waals surface area contributed by atoms with Crippen molar-refractivity contribution in [1.29, 1.82) is 0 Å². The standard InChI is InChI=1S/C21H21O3S/c1-22-16-10-4-7-13-19(16)25(20-14-8-5-11-17(20)23-2)21-15-9-6-12-18(21)24-3/h4-15H,1-3H3/q+1. The van der Waals surface area contributed by atoms with Crippen molar-refractivity contribution in [3.8, 4) is 17.2 Å². The van der Waals surface area contributed by atoms with Crippen molar-refractivity contribution in [3.05, 3.63) is 72.8 Å². The molecule has 0 fully saturated rings. The number of ether oxygens (including phenoxy) is 3. The average Bonchev–Trinajstić information content (AvgIpc) is 2.69. The van der Waals surface area contributed by atoms with Crippen LogP contribution in [0.15, 0.2) is 87.5 Å². The van der Waals surface area contributed by atoms with Gasteiger partial charge in [-0.05, 0) is 36.4 Å². The third-order valence-electron chi connectivity index (χ3n) is 3.87. The Morgan fingerprint density at radius 2 is 0.760 bits per heavy atom. The summed E-state index contributed by atoms with van der Waals surface area (Å²) in [5.41, 5.74) is 0. The Hall–Kier alpha value is -2.59. The third-order valence-corrected chi connectivity index (χ3v) is 6.20. The Bertz CT molecular complexity index is 735. The molecule has 3 nitrogen and oxygen atoms in total. The van der Waals surface area contributed by atoms with Crippen molar-refractivity contribution in [2.24, 2.45) is 0 Å². The number of benzene rings is 3. The lowest BCUT2D eigenvalue weighted by Crippen LogP contribution is -2.09. The summed E-state index contributed by atoms with van der Waals surface area (Å²) in [6.45, 7) is 0. The maximum atomic E-state index is 5.64. The van der Waals surface area contributed by atoms with Gasteiger partial charge in [0.2, 0.25) is 14.7 Å². The van der Waals surface area contributed by atoms with Gasteiger partial charge in [0.05, 0.1) is 21.3 Å². The van der Waals surface area contributed by atoms with Crippen molar-refractivity contribution >= 4 is 10.9 Å². The smallest absolute Gasteiger partial charge is 0.208 e. The Morgan fingerprint density at radius 3 is 1.04 bits per heavy atom. The summed E-state index contributed by atoms with van der Waals surface area (Å²) in [5, 5.41) is 0. The van der Waals surface area contributed by atoms with E-state index in [0.29, 0.717) is 0 Å². The van der Waals surface area contributed by atoms with Crippen LogP contribution < -0.4 is 14.2 Å². The molecule has 0 spiro atoms. The maximum Gasteiger partial charge on any atom is 0.208 e. The molecule has 0 atom stereocenters. The van der Waals surface area contributed by atoms with Gasteiger partial charge in [-0.1, -0.05) is 36.4 Å². The van der Waals surface area contributed by atoms with Crippen molar-refractivity contribution in [3.63, 3.8) is 0 Å². The van der Waals surface area contributed by atoms with Gasteiger partial charge in [0.15, 0.2) is 17.2 Å². The summed E-state index contributed by atoms with van der Waals surface area (Å²) in [6.07, 6.45) is 0. The summed E-state index contributed by atoms with van der Waals surface area (Å²) in [7, 11) is 4.67. The number of methoxy groups -OCH3 is 3. The minimum absolute atomic E-state index is 0.424. The fourth-order valence-electron chi connectivity index (χ4n) is 2.72. The fourth-order valence-corrected chi connectivity index (χ4v) is 5.13. The van der Waals surface area contributed by atoms with Crippen LogP contribution in [0.4, 0.5) is 0 Å². The van der Waals surface area contributed by atoms with Gasteiger partial charge < -0.3 is 14.2 Å². The van der Waals surface area contributed by atoms with E-state index in [0.717, 1.165) is 31.9 Å². The van der Waals surface area contributed by atoms with Crippen LogP contribution in [0.25, 0.3) is 0 Å². The molecule has 128 valence electrons. The second-order valence-corrected chi connectivity index (χ2v) is 7.19. The van der Waals surface area contributed by atoms with E-state index in [2.05, 4.69) is 18.2 Å². The largest absolute Gasteiger partial charge is 0.491 e. The van der Waals surface area contributed by atoms with Gasteiger partial charge in [0.25, 0.3) is 0 Å². The number of hydrogen-bond donors (Lipinski definition) is 0. The lowest BCUT2D eigenvalue weighted by atomic mass is 10.3. The summed E-state index contributed by atoms with van der Waals surface area (Å²) in [5.74, 6) is 2.55. The van der Waals surface area contributed by atoms with Gasteiger partial charge in [-0.15, -0.1) is 0 Å². The quantitative estimate of drug-likeness (QED) is 0.595. The predicted octanol–water partition coefficient (Wildman–Crippen LogP) is 4.81. The summed E-state index contributed by atoms with van der Waals surface area (Å²) < 4.78 is 16.9. The molecule has 0 aromatic heterocycles. The van der Waals surface area contributed by atoms with E-state index in [1.807, 2.05) is 54.6 Å². The van der Waals surface area contributed by atoms with Gasteiger partial charge in [-0.3, -0.25) is 0 Å². The first-order valence-electron chi connectivity index (χ1n) is 7.93. The van der Waals surface area contributed by atoms with E-state index in [4.69, 9.17) is 14.2 Å². The molecule has 0 saturated heterocycles. The van der Waals surface area contributed by atoms with Crippen LogP contribution in [-0.4, -0.2) is 21.3 Å². The SMILES string of the molecule is COc1ccccc1[S+](c1ccccc1OC)c1ccccc1OC. The Kier molecular flexibility index (Phi) is 5.51. The normalized spacial score (nSPS) is 10.6.